The number of nitrogens with one attached hydrogen (secondary N) is 2. The number of carbonyl (C=O) groups is 2. The summed E-state index contributed by atoms with van der Waals surface area (Å²) in [5.41, 5.74) is 2.30. The molecule has 0 aliphatic heterocycles. The second-order valence-electron chi connectivity index (χ2n) is 9.09. The summed E-state index contributed by atoms with van der Waals surface area (Å²) in [4.78, 5) is 25.1. The van der Waals surface area contributed by atoms with Crippen LogP contribution in [0.4, 0.5) is 11.4 Å². The number of sulfonamides is 1. The van der Waals surface area contributed by atoms with Crippen LogP contribution in [-0.4, -0.2) is 37.6 Å². The van der Waals surface area contributed by atoms with Crippen molar-refractivity contribution >= 4 is 33.2 Å². The van der Waals surface area contributed by atoms with E-state index < -0.39 is 15.9 Å². The van der Waals surface area contributed by atoms with Crippen molar-refractivity contribution in [3.05, 3.63) is 53.6 Å². The van der Waals surface area contributed by atoms with Gasteiger partial charge in [0.15, 0.2) is 0 Å². The zero-order valence-electron chi connectivity index (χ0n) is 19.1. The molecule has 0 radical (unpaired) electrons. The number of anilines is 2. The number of carbonyl (C=O) groups excluding carboxylic acids is 2. The fraction of sp³-hybridized carbons (Fsp3) is 0.440. The predicted molar refractivity (Wildman–Crippen MR) is 129 cm³/mol. The molecule has 2 aromatic rings. The van der Waals surface area contributed by atoms with Gasteiger partial charge in [0.2, 0.25) is 15.9 Å². The van der Waals surface area contributed by atoms with Crippen LogP contribution in [0.3, 0.4) is 0 Å². The maximum atomic E-state index is 13.2. The van der Waals surface area contributed by atoms with E-state index in [4.69, 9.17) is 0 Å². The molecule has 2 aliphatic carbocycles. The molecule has 0 spiro atoms. The SMILES string of the molecule is Cc1ccc(NC(=O)C2CC2)cc1NC(=O)c1cccc(S(=O)(=O)N(C)C2CCCCC2)c1. The van der Waals surface area contributed by atoms with Crippen LogP contribution < -0.4 is 10.6 Å². The standard InChI is InChI=1S/C25H31N3O4S/c1-17-11-14-20(26-24(29)18-12-13-18)16-23(17)27-25(30)19-7-6-10-22(15-19)33(31,32)28(2)21-8-4-3-5-9-21/h6-7,10-11,14-16,18,21H,3-5,8-9,12-13H2,1-2H3,(H,26,29)(H,27,30). The van der Waals surface area contributed by atoms with E-state index in [1.165, 1.54) is 16.4 Å². The third-order valence-corrected chi connectivity index (χ3v) is 8.47. The van der Waals surface area contributed by atoms with Crippen LogP contribution in [0.15, 0.2) is 47.4 Å². The topological polar surface area (TPSA) is 95.6 Å². The highest BCUT2D eigenvalue weighted by Crippen LogP contribution is 2.31. The van der Waals surface area contributed by atoms with Crippen LogP contribution in [0, 0.1) is 12.8 Å². The van der Waals surface area contributed by atoms with Gasteiger partial charge in [-0.3, -0.25) is 9.59 Å². The van der Waals surface area contributed by atoms with Gasteiger partial charge in [0.25, 0.3) is 5.91 Å². The first-order chi connectivity index (χ1) is 15.8. The third kappa shape index (κ3) is 5.45. The van der Waals surface area contributed by atoms with Crippen molar-refractivity contribution in [3.63, 3.8) is 0 Å². The Labute approximate surface area is 195 Å². The Morgan fingerprint density at radius 2 is 1.67 bits per heavy atom. The van der Waals surface area contributed by atoms with Crippen LogP contribution in [0.2, 0.25) is 0 Å². The van der Waals surface area contributed by atoms with Crippen molar-refractivity contribution in [1.82, 2.24) is 4.31 Å². The van der Waals surface area contributed by atoms with Crippen LogP contribution in [0.1, 0.15) is 60.9 Å². The summed E-state index contributed by atoms with van der Waals surface area (Å²) in [6, 6.07) is 11.5. The summed E-state index contributed by atoms with van der Waals surface area (Å²) in [5, 5.41) is 5.74. The van der Waals surface area contributed by atoms with Crippen molar-refractivity contribution < 1.29 is 18.0 Å². The summed E-state index contributed by atoms with van der Waals surface area (Å²) in [5.74, 6) is -0.321. The van der Waals surface area contributed by atoms with E-state index in [1.54, 1.807) is 31.3 Å². The summed E-state index contributed by atoms with van der Waals surface area (Å²) in [6.07, 6.45) is 6.77. The highest BCUT2D eigenvalue weighted by atomic mass is 32.2. The normalized spacial score (nSPS) is 17.1. The lowest BCUT2D eigenvalue weighted by Crippen LogP contribution is -2.38. The molecule has 2 N–H and O–H groups in total. The highest BCUT2D eigenvalue weighted by molar-refractivity contribution is 7.89. The Hall–Kier alpha value is -2.71. The molecule has 2 amide bonds. The monoisotopic (exact) mass is 469 g/mol. The molecule has 176 valence electrons. The Bertz CT molecular complexity index is 1150. The van der Waals surface area contributed by atoms with E-state index >= 15 is 0 Å². The van der Waals surface area contributed by atoms with Crippen LogP contribution in [-0.2, 0) is 14.8 Å². The number of amides is 2. The van der Waals surface area contributed by atoms with E-state index in [0.29, 0.717) is 11.4 Å². The molecule has 2 aliphatic rings. The van der Waals surface area contributed by atoms with E-state index in [-0.39, 0.29) is 28.3 Å². The van der Waals surface area contributed by atoms with Gasteiger partial charge in [0.05, 0.1) is 4.90 Å². The highest BCUT2D eigenvalue weighted by Gasteiger charge is 2.30. The average Bonchev–Trinajstić information content (AvgIpc) is 3.67. The minimum Gasteiger partial charge on any atom is -0.326 e. The molecule has 7 nitrogen and oxygen atoms in total. The number of aryl methyl sites for hydroxylation is 1. The van der Waals surface area contributed by atoms with Gasteiger partial charge in [0.1, 0.15) is 0 Å². The number of nitrogens with zero attached hydrogens (tertiary/aromatic N) is 1. The van der Waals surface area contributed by atoms with E-state index in [9.17, 15) is 18.0 Å². The predicted octanol–water partition coefficient (Wildman–Crippen LogP) is 4.55. The second kappa shape index (κ2) is 9.65. The lowest BCUT2D eigenvalue weighted by Gasteiger charge is -2.30. The molecule has 2 saturated carbocycles. The maximum absolute atomic E-state index is 13.2. The Morgan fingerprint density at radius 3 is 2.36 bits per heavy atom. The Morgan fingerprint density at radius 1 is 0.939 bits per heavy atom. The molecule has 8 heteroatoms. The zero-order chi connectivity index (χ0) is 23.6. The molecule has 0 saturated heterocycles. The van der Waals surface area contributed by atoms with Crippen molar-refractivity contribution in [3.8, 4) is 0 Å². The first-order valence-corrected chi connectivity index (χ1v) is 13.0. The first-order valence-electron chi connectivity index (χ1n) is 11.6. The van der Waals surface area contributed by atoms with Gasteiger partial charge in [-0.15, -0.1) is 0 Å². The van der Waals surface area contributed by atoms with Crippen LogP contribution in [0.5, 0.6) is 0 Å². The van der Waals surface area contributed by atoms with Gasteiger partial charge >= 0.3 is 0 Å². The molecule has 0 unspecified atom stereocenters. The average molecular weight is 470 g/mol. The lowest BCUT2D eigenvalue weighted by molar-refractivity contribution is -0.117. The van der Waals surface area contributed by atoms with Crippen molar-refractivity contribution in [2.24, 2.45) is 5.92 Å². The summed E-state index contributed by atoms with van der Waals surface area (Å²) >= 11 is 0. The molecule has 33 heavy (non-hydrogen) atoms. The lowest BCUT2D eigenvalue weighted by atomic mass is 9.96. The Kier molecular flexibility index (Phi) is 6.86. The largest absolute Gasteiger partial charge is 0.326 e. The van der Waals surface area contributed by atoms with Gasteiger partial charge in [-0.2, -0.15) is 4.31 Å². The Balaban J connectivity index is 1.50. The molecule has 0 atom stereocenters. The van der Waals surface area contributed by atoms with Crippen LogP contribution in [0.25, 0.3) is 0 Å². The van der Waals surface area contributed by atoms with Crippen molar-refractivity contribution in [1.29, 1.82) is 0 Å². The minimum absolute atomic E-state index is 0.00234. The summed E-state index contributed by atoms with van der Waals surface area (Å²) < 4.78 is 27.8. The van der Waals surface area contributed by atoms with Crippen LogP contribution >= 0.6 is 0 Å². The molecular weight excluding hydrogens is 438 g/mol. The van der Waals surface area contributed by atoms with Gasteiger partial charge in [-0.1, -0.05) is 31.4 Å². The zero-order valence-corrected chi connectivity index (χ0v) is 20.0. The smallest absolute Gasteiger partial charge is 0.255 e. The summed E-state index contributed by atoms with van der Waals surface area (Å²) in [6.45, 7) is 1.86. The molecule has 4 rings (SSSR count). The number of benzene rings is 2. The van der Waals surface area contributed by atoms with Gasteiger partial charge in [-0.05, 0) is 68.5 Å². The number of rotatable bonds is 7. The quantitative estimate of drug-likeness (QED) is 0.622. The summed E-state index contributed by atoms with van der Waals surface area (Å²) in [7, 11) is -2.06. The fourth-order valence-corrected chi connectivity index (χ4v) is 5.69. The molecular formula is C25H31N3O4S. The van der Waals surface area contributed by atoms with Gasteiger partial charge < -0.3 is 10.6 Å². The second-order valence-corrected chi connectivity index (χ2v) is 11.1. The third-order valence-electron chi connectivity index (χ3n) is 6.56. The maximum Gasteiger partial charge on any atom is 0.255 e. The number of hydrogen-bond donors (Lipinski definition) is 2. The van der Waals surface area contributed by atoms with Gasteiger partial charge in [0, 0.05) is 35.9 Å². The molecule has 0 aromatic heterocycles. The van der Waals surface area contributed by atoms with Crippen molar-refractivity contribution in [2.45, 2.75) is 62.8 Å². The van der Waals surface area contributed by atoms with Crippen molar-refractivity contribution in [2.75, 3.05) is 17.7 Å². The fourth-order valence-electron chi connectivity index (χ4n) is 4.22. The van der Waals surface area contributed by atoms with E-state index in [0.717, 1.165) is 50.5 Å². The molecule has 0 heterocycles. The van der Waals surface area contributed by atoms with Gasteiger partial charge in [-0.25, -0.2) is 8.42 Å². The first kappa shape index (κ1) is 23.4. The molecule has 2 fully saturated rings. The molecule has 0 bridgehead atoms. The number of hydrogen-bond acceptors (Lipinski definition) is 4. The minimum atomic E-state index is -3.69. The van der Waals surface area contributed by atoms with E-state index in [1.807, 2.05) is 13.0 Å². The van der Waals surface area contributed by atoms with E-state index in [2.05, 4.69) is 10.6 Å². The molecule has 2 aromatic carbocycles.